The fourth-order valence-corrected chi connectivity index (χ4v) is 3.51. The van der Waals surface area contributed by atoms with Crippen molar-refractivity contribution in [2.24, 2.45) is 5.92 Å². The van der Waals surface area contributed by atoms with Crippen LogP contribution in [0.1, 0.15) is 41.7 Å². The van der Waals surface area contributed by atoms with Gasteiger partial charge in [-0.2, -0.15) is 0 Å². The van der Waals surface area contributed by atoms with Crippen molar-refractivity contribution in [3.05, 3.63) is 51.1 Å². The Morgan fingerprint density at radius 1 is 1.07 bits per heavy atom. The van der Waals surface area contributed by atoms with Gasteiger partial charge in [0.1, 0.15) is 0 Å². The second-order valence-corrected chi connectivity index (χ2v) is 7.93. The molecule has 0 aliphatic heterocycles. The normalized spacial score (nSPS) is 14.1. The van der Waals surface area contributed by atoms with E-state index in [9.17, 15) is 9.59 Å². The number of carbonyl (C=O) groups is 2. The van der Waals surface area contributed by atoms with Gasteiger partial charge in [-0.3, -0.25) is 9.59 Å². The summed E-state index contributed by atoms with van der Waals surface area (Å²) in [6.45, 7) is 1.92. The van der Waals surface area contributed by atoms with Gasteiger partial charge in [0, 0.05) is 15.2 Å². The molecule has 2 N–H and O–H groups in total. The summed E-state index contributed by atoms with van der Waals surface area (Å²) in [6, 6.07) is 10.8. The summed E-state index contributed by atoms with van der Waals surface area (Å²) >= 11 is 2.11. The fourth-order valence-electron chi connectivity index (χ4n) is 2.83. The van der Waals surface area contributed by atoms with Crippen LogP contribution in [0.5, 0.6) is 11.5 Å². The molecule has 148 valence electrons. The highest BCUT2D eigenvalue weighted by Crippen LogP contribution is 2.32. The zero-order valence-electron chi connectivity index (χ0n) is 16.0. The van der Waals surface area contributed by atoms with Gasteiger partial charge in [-0.25, -0.2) is 0 Å². The maximum atomic E-state index is 12.7. The number of carbonyl (C=O) groups excluding carboxylic acids is 2. The molecule has 1 aliphatic rings. The predicted octanol–water partition coefficient (Wildman–Crippen LogP) is 4.15. The van der Waals surface area contributed by atoms with Crippen LogP contribution in [0, 0.1) is 9.49 Å². The first-order valence-electron chi connectivity index (χ1n) is 9.06. The van der Waals surface area contributed by atoms with E-state index in [0.29, 0.717) is 17.1 Å². The number of hydrogen-bond donors (Lipinski definition) is 2. The minimum Gasteiger partial charge on any atom is -0.493 e. The van der Waals surface area contributed by atoms with Crippen LogP contribution in [-0.4, -0.2) is 26.0 Å². The molecule has 0 spiro atoms. The molecule has 2 aromatic carbocycles. The summed E-state index contributed by atoms with van der Waals surface area (Å²) in [7, 11) is 3.10. The molecule has 1 fully saturated rings. The third kappa shape index (κ3) is 4.76. The molecule has 1 saturated carbocycles. The second kappa shape index (κ2) is 8.81. The molecule has 7 heteroatoms. The maximum absolute atomic E-state index is 12.7. The molecule has 3 rings (SSSR count). The monoisotopic (exact) mass is 494 g/mol. The van der Waals surface area contributed by atoms with Gasteiger partial charge in [-0.1, -0.05) is 12.1 Å². The average molecular weight is 494 g/mol. The molecule has 2 aromatic rings. The number of rotatable bonds is 7. The Bertz CT molecular complexity index is 879. The molecule has 0 heterocycles. The number of methoxy groups -OCH3 is 2. The number of ether oxygens (including phenoxy) is 2. The Kier molecular flexibility index (Phi) is 6.43. The smallest absolute Gasteiger partial charge is 0.252 e. The first-order valence-corrected chi connectivity index (χ1v) is 10.1. The molecule has 2 amide bonds. The average Bonchev–Trinajstić information content (AvgIpc) is 3.53. The van der Waals surface area contributed by atoms with Gasteiger partial charge >= 0.3 is 0 Å². The van der Waals surface area contributed by atoms with Gasteiger partial charge in [0.15, 0.2) is 11.5 Å². The van der Waals surface area contributed by atoms with Crippen molar-refractivity contribution in [2.45, 2.75) is 25.8 Å². The van der Waals surface area contributed by atoms with Gasteiger partial charge in [0.05, 0.1) is 25.8 Å². The van der Waals surface area contributed by atoms with Gasteiger partial charge in [-0.05, 0) is 72.2 Å². The molecule has 0 bridgehead atoms. The summed E-state index contributed by atoms with van der Waals surface area (Å²) in [4.78, 5) is 24.6. The molecule has 0 saturated heterocycles. The van der Waals surface area contributed by atoms with Crippen LogP contribution in [-0.2, 0) is 4.79 Å². The Morgan fingerprint density at radius 2 is 1.68 bits per heavy atom. The van der Waals surface area contributed by atoms with Crippen molar-refractivity contribution < 1.29 is 19.1 Å². The number of nitrogens with one attached hydrogen (secondary N) is 2. The molecule has 0 aromatic heterocycles. The van der Waals surface area contributed by atoms with Crippen LogP contribution in [0.4, 0.5) is 5.69 Å². The van der Waals surface area contributed by atoms with E-state index in [4.69, 9.17) is 9.47 Å². The maximum Gasteiger partial charge on any atom is 0.252 e. The number of anilines is 1. The van der Waals surface area contributed by atoms with Crippen LogP contribution in [0.2, 0.25) is 0 Å². The van der Waals surface area contributed by atoms with E-state index in [0.717, 1.165) is 27.7 Å². The zero-order valence-corrected chi connectivity index (χ0v) is 18.2. The summed E-state index contributed by atoms with van der Waals surface area (Å²) < 4.78 is 11.3. The third-order valence-electron chi connectivity index (χ3n) is 4.69. The zero-order chi connectivity index (χ0) is 20.3. The standard InChI is InChI=1S/C21H23IN2O4/c1-12(13-6-8-15(9-7-13)24-20(25)14-4-5-14)23-21(26)16-10-18(27-2)19(28-3)11-17(16)22/h6-12,14H,4-5H2,1-3H3,(H,23,26)(H,24,25). The number of hydrogen-bond acceptors (Lipinski definition) is 4. The number of halogens is 1. The summed E-state index contributed by atoms with van der Waals surface area (Å²) in [5.41, 5.74) is 2.25. The topological polar surface area (TPSA) is 76.7 Å². The van der Waals surface area contributed by atoms with Crippen molar-refractivity contribution in [1.82, 2.24) is 5.32 Å². The largest absolute Gasteiger partial charge is 0.493 e. The predicted molar refractivity (Wildman–Crippen MR) is 116 cm³/mol. The van der Waals surface area contributed by atoms with Gasteiger partial charge < -0.3 is 20.1 Å². The Labute approximate surface area is 178 Å². The van der Waals surface area contributed by atoms with Gasteiger partial charge in [0.25, 0.3) is 5.91 Å². The minimum atomic E-state index is -0.191. The van der Waals surface area contributed by atoms with E-state index in [2.05, 4.69) is 33.2 Å². The van der Waals surface area contributed by atoms with Crippen molar-refractivity contribution in [2.75, 3.05) is 19.5 Å². The highest BCUT2D eigenvalue weighted by Gasteiger charge is 2.29. The lowest BCUT2D eigenvalue weighted by Crippen LogP contribution is -2.27. The van der Waals surface area contributed by atoms with Crippen LogP contribution in [0.3, 0.4) is 0 Å². The summed E-state index contributed by atoms with van der Waals surface area (Å²) in [5, 5.41) is 5.92. The van der Waals surface area contributed by atoms with Gasteiger partial charge in [0.2, 0.25) is 5.91 Å². The number of benzene rings is 2. The SMILES string of the molecule is COc1cc(I)c(C(=O)NC(C)c2ccc(NC(=O)C3CC3)cc2)cc1OC. The van der Waals surface area contributed by atoms with Crippen LogP contribution < -0.4 is 20.1 Å². The van der Waals surface area contributed by atoms with Crippen molar-refractivity contribution in [3.8, 4) is 11.5 Å². The van der Waals surface area contributed by atoms with Crippen molar-refractivity contribution >= 4 is 40.1 Å². The number of amides is 2. The van der Waals surface area contributed by atoms with E-state index < -0.39 is 0 Å². The molecule has 1 unspecified atom stereocenters. The lowest BCUT2D eigenvalue weighted by atomic mass is 10.1. The van der Waals surface area contributed by atoms with E-state index in [1.165, 1.54) is 0 Å². The van der Waals surface area contributed by atoms with Crippen molar-refractivity contribution in [1.29, 1.82) is 0 Å². The fraction of sp³-hybridized carbons (Fsp3) is 0.333. The van der Waals surface area contributed by atoms with Gasteiger partial charge in [-0.15, -0.1) is 0 Å². The Balaban J connectivity index is 1.67. The highest BCUT2D eigenvalue weighted by molar-refractivity contribution is 14.1. The quantitative estimate of drug-likeness (QED) is 0.568. The minimum absolute atomic E-state index is 0.0807. The highest BCUT2D eigenvalue weighted by atomic mass is 127. The van der Waals surface area contributed by atoms with Crippen LogP contribution in [0.15, 0.2) is 36.4 Å². The molecule has 28 heavy (non-hydrogen) atoms. The first-order chi connectivity index (χ1) is 13.4. The third-order valence-corrected chi connectivity index (χ3v) is 5.58. The second-order valence-electron chi connectivity index (χ2n) is 6.77. The molecular weight excluding hydrogens is 471 g/mol. The lowest BCUT2D eigenvalue weighted by Gasteiger charge is -2.17. The molecular formula is C21H23IN2O4. The first kappa shape index (κ1) is 20.4. The summed E-state index contributed by atoms with van der Waals surface area (Å²) in [6.07, 6.45) is 1.95. The lowest BCUT2D eigenvalue weighted by molar-refractivity contribution is -0.117. The molecule has 1 atom stereocenters. The molecule has 0 radical (unpaired) electrons. The molecule has 6 nitrogen and oxygen atoms in total. The van der Waals surface area contributed by atoms with Crippen LogP contribution >= 0.6 is 22.6 Å². The molecule has 1 aliphatic carbocycles. The Hall–Kier alpha value is -2.29. The van der Waals surface area contributed by atoms with E-state index in [1.807, 2.05) is 31.2 Å². The van der Waals surface area contributed by atoms with E-state index >= 15 is 0 Å². The van der Waals surface area contributed by atoms with Crippen molar-refractivity contribution in [3.63, 3.8) is 0 Å². The van der Waals surface area contributed by atoms with E-state index in [-0.39, 0.29) is 23.8 Å². The Morgan fingerprint density at radius 3 is 2.25 bits per heavy atom. The summed E-state index contributed by atoms with van der Waals surface area (Å²) in [5.74, 6) is 1.15. The van der Waals surface area contributed by atoms with Crippen LogP contribution in [0.25, 0.3) is 0 Å². The van der Waals surface area contributed by atoms with E-state index in [1.54, 1.807) is 26.4 Å².